The van der Waals surface area contributed by atoms with Gasteiger partial charge < -0.3 is 15.0 Å². The van der Waals surface area contributed by atoms with E-state index in [1.807, 2.05) is 0 Å². The molecule has 1 aliphatic heterocycles. The number of halogens is 3. The Hall–Kier alpha value is -3.04. The predicted molar refractivity (Wildman–Crippen MR) is 85.4 cm³/mol. The van der Waals surface area contributed by atoms with E-state index in [0.717, 1.165) is 12.1 Å². The number of aromatic nitrogens is 2. The van der Waals surface area contributed by atoms with E-state index in [4.69, 9.17) is 0 Å². The molecular weight excluding hydrogens is 353 g/mol. The number of nitrogens with one attached hydrogen (secondary N) is 1. The minimum atomic E-state index is -4.82. The van der Waals surface area contributed by atoms with E-state index in [2.05, 4.69) is 15.2 Å². The summed E-state index contributed by atoms with van der Waals surface area (Å²) in [6, 6.07) is 6.71. The van der Waals surface area contributed by atoms with Crippen LogP contribution in [0.4, 0.5) is 24.7 Å². The first-order chi connectivity index (χ1) is 12.2. The van der Waals surface area contributed by atoms with Gasteiger partial charge in [-0.15, -0.1) is 13.2 Å². The third-order valence-electron chi connectivity index (χ3n) is 3.82. The topological polar surface area (TPSA) is 76.5 Å². The van der Waals surface area contributed by atoms with Crippen molar-refractivity contribution in [2.24, 2.45) is 13.0 Å². The Morgan fingerprint density at radius 1 is 1.35 bits per heavy atom. The molecule has 1 atom stereocenters. The van der Waals surface area contributed by atoms with Crippen LogP contribution in [-0.2, 0) is 16.6 Å². The quantitative estimate of drug-likeness (QED) is 0.899. The fourth-order valence-electron chi connectivity index (χ4n) is 2.69. The lowest BCUT2D eigenvalue weighted by molar-refractivity contribution is -0.274. The minimum Gasteiger partial charge on any atom is -0.406 e. The van der Waals surface area contributed by atoms with Gasteiger partial charge in [0.2, 0.25) is 11.8 Å². The van der Waals surface area contributed by atoms with Crippen molar-refractivity contribution in [1.29, 1.82) is 0 Å². The Bertz CT molecular complexity index is 834. The summed E-state index contributed by atoms with van der Waals surface area (Å²) in [6.07, 6.45) is -3.20. The first-order valence-corrected chi connectivity index (χ1v) is 7.68. The summed E-state index contributed by atoms with van der Waals surface area (Å²) < 4.78 is 42.4. The lowest BCUT2D eigenvalue weighted by Gasteiger charge is -2.18. The molecule has 10 heteroatoms. The molecule has 3 rings (SSSR count). The molecule has 0 aliphatic carbocycles. The number of aryl methyl sites for hydroxylation is 1. The van der Waals surface area contributed by atoms with Gasteiger partial charge in [-0.1, -0.05) is 6.07 Å². The number of hydrogen-bond acceptors (Lipinski definition) is 4. The van der Waals surface area contributed by atoms with Crippen LogP contribution in [0.1, 0.15) is 6.42 Å². The third kappa shape index (κ3) is 4.13. The number of anilines is 2. The fraction of sp³-hybridized carbons (Fsp3) is 0.312. The summed E-state index contributed by atoms with van der Waals surface area (Å²) in [4.78, 5) is 25.8. The zero-order chi connectivity index (χ0) is 18.9. The van der Waals surface area contributed by atoms with Gasteiger partial charge in [0.15, 0.2) is 5.82 Å². The summed E-state index contributed by atoms with van der Waals surface area (Å²) in [7, 11) is 1.70. The lowest BCUT2D eigenvalue weighted by Crippen LogP contribution is -2.28. The van der Waals surface area contributed by atoms with E-state index in [9.17, 15) is 22.8 Å². The number of benzene rings is 1. The van der Waals surface area contributed by atoms with Crippen molar-refractivity contribution >= 4 is 23.3 Å². The molecule has 1 aromatic carbocycles. The maximum absolute atomic E-state index is 12.3. The molecule has 2 heterocycles. The van der Waals surface area contributed by atoms with Crippen LogP contribution in [-0.4, -0.2) is 34.5 Å². The highest BCUT2D eigenvalue weighted by Gasteiger charge is 2.36. The molecule has 1 fully saturated rings. The fourth-order valence-corrected chi connectivity index (χ4v) is 2.69. The average Bonchev–Trinajstić information content (AvgIpc) is 3.12. The summed E-state index contributed by atoms with van der Waals surface area (Å²) in [6.45, 7) is 0.0625. The van der Waals surface area contributed by atoms with Crippen LogP contribution in [0.2, 0.25) is 0 Å². The number of carbonyl (C=O) groups excluding carboxylic acids is 2. The third-order valence-corrected chi connectivity index (χ3v) is 3.82. The second kappa shape index (κ2) is 6.70. The molecule has 0 bridgehead atoms. The number of nitrogens with zero attached hydrogens (tertiary/aromatic N) is 3. The van der Waals surface area contributed by atoms with Crippen molar-refractivity contribution in [2.45, 2.75) is 12.8 Å². The second-order valence-corrected chi connectivity index (χ2v) is 5.81. The second-order valence-electron chi connectivity index (χ2n) is 5.81. The van der Waals surface area contributed by atoms with Crippen molar-refractivity contribution in [3.63, 3.8) is 0 Å². The van der Waals surface area contributed by atoms with Gasteiger partial charge in [-0.05, 0) is 12.1 Å². The number of hydrogen-bond donors (Lipinski definition) is 1. The molecule has 0 saturated carbocycles. The number of ether oxygens (including phenoxy) is 1. The average molecular weight is 368 g/mol. The van der Waals surface area contributed by atoms with E-state index in [1.54, 1.807) is 19.3 Å². The monoisotopic (exact) mass is 368 g/mol. The predicted octanol–water partition coefficient (Wildman–Crippen LogP) is 2.31. The highest BCUT2D eigenvalue weighted by atomic mass is 19.4. The molecule has 1 saturated heterocycles. The van der Waals surface area contributed by atoms with Gasteiger partial charge in [0.05, 0.1) is 5.92 Å². The molecule has 7 nitrogen and oxygen atoms in total. The van der Waals surface area contributed by atoms with Crippen LogP contribution in [0.25, 0.3) is 0 Å². The van der Waals surface area contributed by atoms with Crippen LogP contribution in [0, 0.1) is 5.92 Å². The molecule has 1 aliphatic rings. The van der Waals surface area contributed by atoms with Crippen LogP contribution in [0.5, 0.6) is 5.75 Å². The van der Waals surface area contributed by atoms with Gasteiger partial charge in [-0.3, -0.25) is 14.3 Å². The molecule has 0 radical (unpaired) electrons. The van der Waals surface area contributed by atoms with Crippen LogP contribution in [0.3, 0.4) is 0 Å². The normalized spacial score (nSPS) is 17.5. The SMILES string of the molecule is Cn1ccc(NC(=O)[C@H]2CC(=O)N(c3cccc(OC(F)(F)F)c3)C2)n1. The van der Waals surface area contributed by atoms with Gasteiger partial charge in [0.1, 0.15) is 5.75 Å². The molecule has 2 amide bonds. The van der Waals surface area contributed by atoms with Gasteiger partial charge in [0.25, 0.3) is 0 Å². The van der Waals surface area contributed by atoms with Crippen LogP contribution in [0.15, 0.2) is 36.5 Å². The highest BCUT2D eigenvalue weighted by Crippen LogP contribution is 2.30. The zero-order valence-corrected chi connectivity index (χ0v) is 13.7. The first kappa shape index (κ1) is 17.8. The van der Waals surface area contributed by atoms with Crippen molar-refractivity contribution in [3.8, 4) is 5.75 Å². The highest BCUT2D eigenvalue weighted by molar-refractivity contribution is 6.03. The van der Waals surface area contributed by atoms with Crippen molar-refractivity contribution in [1.82, 2.24) is 9.78 Å². The van der Waals surface area contributed by atoms with Crippen molar-refractivity contribution < 1.29 is 27.5 Å². The maximum Gasteiger partial charge on any atom is 0.573 e. The molecular formula is C16H15F3N4O3. The summed E-state index contributed by atoms with van der Waals surface area (Å²) in [5, 5.41) is 6.64. The molecule has 0 spiro atoms. The van der Waals surface area contributed by atoms with Gasteiger partial charge in [0, 0.05) is 44.0 Å². The van der Waals surface area contributed by atoms with Crippen molar-refractivity contribution in [2.75, 3.05) is 16.8 Å². The number of carbonyl (C=O) groups is 2. The molecule has 0 unspecified atom stereocenters. The number of amides is 2. The molecule has 138 valence electrons. The smallest absolute Gasteiger partial charge is 0.406 e. The van der Waals surface area contributed by atoms with E-state index >= 15 is 0 Å². The Kier molecular flexibility index (Phi) is 4.58. The summed E-state index contributed by atoms with van der Waals surface area (Å²) in [5.74, 6) is -1.41. The van der Waals surface area contributed by atoms with Crippen LogP contribution < -0.4 is 15.0 Å². The van der Waals surface area contributed by atoms with E-state index in [0.29, 0.717) is 5.82 Å². The van der Waals surface area contributed by atoms with Crippen LogP contribution >= 0.6 is 0 Å². The molecule has 2 aromatic rings. The largest absolute Gasteiger partial charge is 0.573 e. The summed E-state index contributed by atoms with van der Waals surface area (Å²) >= 11 is 0. The standard InChI is InChI=1S/C16H15F3N4O3/c1-22-6-5-13(21-22)20-15(25)10-7-14(24)23(9-10)11-3-2-4-12(8-11)26-16(17,18)19/h2-6,8,10H,7,9H2,1H3,(H,20,21,25)/t10-/m0/s1. The van der Waals surface area contributed by atoms with Gasteiger partial charge in [-0.2, -0.15) is 5.10 Å². The first-order valence-electron chi connectivity index (χ1n) is 7.68. The molecule has 1 aromatic heterocycles. The Morgan fingerprint density at radius 2 is 2.12 bits per heavy atom. The molecule has 26 heavy (non-hydrogen) atoms. The number of alkyl halides is 3. The van der Waals surface area contributed by atoms with E-state index < -0.39 is 18.0 Å². The Labute approximate surface area is 146 Å². The molecule has 1 N–H and O–H groups in total. The minimum absolute atomic E-state index is 0.0387. The van der Waals surface area contributed by atoms with Gasteiger partial charge in [-0.25, -0.2) is 0 Å². The zero-order valence-electron chi connectivity index (χ0n) is 13.7. The van der Waals surface area contributed by atoms with E-state index in [-0.39, 0.29) is 30.5 Å². The maximum atomic E-state index is 12.3. The Morgan fingerprint density at radius 3 is 2.77 bits per heavy atom. The summed E-state index contributed by atoms with van der Waals surface area (Å²) in [5.41, 5.74) is 0.241. The van der Waals surface area contributed by atoms with E-state index in [1.165, 1.54) is 21.7 Å². The number of rotatable bonds is 4. The Balaban J connectivity index is 1.69. The van der Waals surface area contributed by atoms with Gasteiger partial charge >= 0.3 is 6.36 Å². The lowest BCUT2D eigenvalue weighted by atomic mass is 10.1. The van der Waals surface area contributed by atoms with Crippen molar-refractivity contribution in [3.05, 3.63) is 36.5 Å².